The number of nitrogens with zero attached hydrogens (tertiary/aromatic N) is 2. The molecular formula is C17H24N2O2. The number of carbonyl (C=O) groups excluding carboxylic acids is 1. The molecular weight excluding hydrogens is 264 g/mol. The van der Waals surface area contributed by atoms with Crippen molar-refractivity contribution in [2.75, 3.05) is 26.2 Å². The van der Waals surface area contributed by atoms with Gasteiger partial charge in [-0.3, -0.25) is 14.6 Å². The third kappa shape index (κ3) is 3.44. The summed E-state index contributed by atoms with van der Waals surface area (Å²) in [4.78, 5) is 16.6. The van der Waals surface area contributed by atoms with Crippen LogP contribution in [0.4, 0.5) is 0 Å². The van der Waals surface area contributed by atoms with E-state index in [-0.39, 0.29) is 18.1 Å². The summed E-state index contributed by atoms with van der Waals surface area (Å²) in [6.07, 6.45) is 0.921. The second-order valence-electron chi connectivity index (χ2n) is 6.30. The van der Waals surface area contributed by atoms with Crippen LogP contribution in [0.15, 0.2) is 24.3 Å². The van der Waals surface area contributed by atoms with Gasteiger partial charge in [-0.15, -0.1) is 0 Å². The molecule has 0 spiro atoms. The van der Waals surface area contributed by atoms with Crippen LogP contribution in [0.5, 0.6) is 0 Å². The fourth-order valence-corrected chi connectivity index (χ4v) is 3.34. The lowest BCUT2D eigenvalue weighted by atomic mass is 10.1. The molecule has 4 nitrogen and oxygen atoms in total. The quantitative estimate of drug-likeness (QED) is 0.794. The van der Waals surface area contributed by atoms with E-state index in [0.717, 1.165) is 39.1 Å². The third-order valence-corrected chi connectivity index (χ3v) is 4.48. The lowest BCUT2D eigenvalue weighted by Crippen LogP contribution is -2.51. The van der Waals surface area contributed by atoms with Crippen LogP contribution in [0.25, 0.3) is 0 Å². The SMILES string of the molecule is Cc1cccc(CN2CCN(C3CC(C)OC3=O)CC2)c1. The molecule has 2 aliphatic heterocycles. The molecule has 1 aromatic rings. The van der Waals surface area contributed by atoms with Crippen LogP contribution in [0, 0.1) is 6.92 Å². The van der Waals surface area contributed by atoms with Crippen molar-refractivity contribution in [2.45, 2.75) is 39.0 Å². The summed E-state index contributed by atoms with van der Waals surface area (Å²) < 4.78 is 5.27. The van der Waals surface area contributed by atoms with E-state index in [4.69, 9.17) is 4.74 Å². The van der Waals surface area contributed by atoms with E-state index in [1.807, 2.05) is 6.92 Å². The van der Waals surface area contributed by atoms with E-state index < -0.39 is 0 Å². The first kappa shape index (κ1) is 14.5. The molecule has 2 atom stereocenters. The normalized spacial score (nSPS) is 27.8. The molecule has 4 heteroatoms. The average molecular weight is 288 g/mol. The van der Waals surface area contributed by atoms with Gasteiger partial charge >= 0.3 is 5.97 Å². The molecule has 0 N–H and O–H groups in total. The molecule has 3 rings (SSSR count). The maximum absolute atomic E-state index is 11.8. The topological polar surface area (TPSA) is 32.8 Å². The Balaban J connectivity index is 1.52. The van der Waals surface area contributed by atoms with Gasteiger partial charge in [-0.2, -0.15) is 0 Å². The first-order valence-electron chi connectivity index (χ1n) is 7.84. The number of cyclic esters (lactones) is 1. The molecule has 0 amide bonds. The molecule has 0 radical (unpaired) electrons. The fraction of sp³-hybridized carbons (Fsp3) is 0.588. The Bertz CT molecular complexity index is 509. The molecule has 1 aromatic carbocycles. The minimum absolute atomic E-state index is 0.0129. The summed E-state index contributed by atoms with van der Waals surface area (Å²) in [5.74, 6) is -0.0327. The maximum atomic E-state index is 11.8. The van der Waals surface area contributed by atoms with Crippen LogP contribution in [-0.4, -0.2) is 54.1 Å². The second kappa shape index (κ2) is 6.16. The van der Waals surface area contributed by atoms with Crippen molar-refractivity contribution in [1.82, 2.24) is 9.80 Å². The highest BCUT2D eigenvalue weighted by Gasteiger charge is 2.37. The minimum Gasteiger partial charge on any atom is -0.461 e. The van der Waals surface area contributed by atoms with Crippen LogP contribution in [-0.2, 0) is 16.1 Å². The van der Waals surface area contributed by atoms with Crippen LogP contribution in [0.2, 0.25) is 0 Å². The highest BCUT2D eigenvalue weighted by Crippen LogP contribution is 2.21. The van der Waals surface area contributed by atoms with E-state index in [1.165, 1.54) is 11.1 Å². The van der Waals surface area contributed by atoms with Gasteiger partial charge in [-0.05, 0) is 19.4 Å². The zero-order chi connectivity index (χ0) is 14.8. The number of ether oxygens (including phenoxy) is 1. The number of hydrogen-bond acceptors (Lipinski definition) is 4. The summed E-state index contributed by atoms with van der Waals surface area (Å²) in [7, 11) is 0. The molecule has 0 aliphatic carbocycles. The Kier molecular flexibility index (Phi) is 4.27. The van der Waals surface area contributed by atoms with Gasteiger partial charge < -0.3 is 4.74 Å². The van der Waals surface area contributed by atoms with Gasteiger partial charge in [-0.1, -0.05) is 29.8 Å². The van der Waals surface area contributed by atoms with Crippen LogP contribution in [0.1, 0.15) is 24.5 Å². The molecule has 2 aliphatic rings. The maximum Gasteiger partial charge on any atom is 0.323 e. The number of hydrogen-bond donors (Lipinski definition) is 0. The summed E-state index contributed by atoms with van der Waals surface area (Å²) in [6.45, 7) is 9.07. The number of esters is 1. The lowest BCUT2D eigenvalue weighted by Gasteiger charge is -2.36. The molecule has 0 saturated carbocycles. The summed E-state index contributed by atoms with van der Waals surface area (Å²) in [5.41, 5.74) is 2.69. The van der Waals surface area contributed by atoms with Crippen molar-refractivity contribution in [3.8, 4) is 0 Å². The van der Waals surface area contributed by atoms with Gasteiger partial charge in [0, 0.05) is 39.1 Å². The molecule has 2 heterocycles. The number of rotatable bonds is 3. The van der Waals surface area contributed by atoms with Crippen molar-refractivity contribution >= 4 is 5.97 Å². The molecule has 2 saturated heterocycles. The van der Waals surface area contributed by atoms with Crippen molar-refractivity contribution in [3.05, 3.63) is 35.4 Å². The van der Waals surface area contributed by atoms with Gasteiger partial charge in [0.05, 0.1) is 0 Å². The van der Waals surface area contributed by atoms with E-state index in [2.05, 4.69) is 41.0 Å². The molecule has 21 heavy (non-hydrogen) atoms. The largest absolute Gasteiger partial charge is 0.461 e. The number of piperazine rings is 1. The Morgan fingerprint density at radius 3 is 2.62 bits per heavy atom. The Hall–Kier alpha value is -1.39. The van der Waals surface area contributed by atoms with Crippen LogP contribution >= 0.6 is 0 Å². The Labute approximate surface area is 126 Å². The highest BCUT2D eigenvalue weighted by atomic mass is 16.6. The van der Waals surface area contributed by atoms with E-state index in [9.17, 15) is 4.79 Å². The standard InChI is InChI=1S/C17H24N2O2/c1-13-4-3-5-15(10-13)12-18-6-8-19(9-7-18)16-11-14(2)21-17(16)20/h3-5,10,14,16H,6-9,11-12H2,1-2H3. The summed E-state index contributed by atoms with van der Waals surface area (Å²) in [5, 5.41) is 0. The monoisotopic (exact) mass is 288 g/mol. The van der Waals surface area contributed by atoms with E-state index in [0.29, 0.717) is 0 Å². The van der Waals surface area contributed by atoms with Crippen molar-refractivity contribution in [3.63, 3.8) is 0 Å². The summed E-state index contributed by atoms with van der Waals surface area (Å²) >= 11 is 0. The second-order valence-corrected chi connectivity index (χ2v) is 6.30. The predicted molar refractivity (Wildman–Crippen MR) is 82.0 cm³/mol. The number of carbonyl (C=O) groups is 1. The molecule has 0 aromatic heterocycles. The predicted octanol–water partition coefficient (Wildman–Crippen LogP) is 1.82. The highest BCUT2D eigenvalue weighted by molar-refractivity contribution is 5.78. The first-order valence-corrected chi connectivity index (χ1v) is 7.84. The molecule has 0 bridgehead atoms. The minimum atomic E-state index is -0.0327. The van der Waals surface area contributed by atoms with Gasteiger partial charge in [0.25, 0.3) is 0 Å². The molecule has 2 unspecified atom stereocenters. The van der Waals surface area contributed by atoms with Gasteiger partial charge in [0.1, 0.15) is 12.1 Å². The average Bonchev–Trinajstić information content (AvgIpc) is 2.79. The van der Waals surface area contributed by atoms with Crippen LogP contribution < -0.4 is 0 Å². The molecule has 114 valence electrons. The van der Waals surface area contributed by atoms with Crippen molar-refractivity contribution in [1.29, 1.82) is 0 Å². The lowest BCUT2D eigenvalue weighted by molar-refractivity contribution is -0.145. The first-order chi connectivity index (χ1) is 10.1. The van der Waals surface area contributed by atoms with E-state index in [1.54, 1.807) is 0 Å². The van der Waals surface area contributed by atoms with Gasteiger partial charge in [-0.25, -0.2) is 0 Å². The third-order valence-electron chi connectivity index (χ3n) is 4.48. The van der Waals surface area contributed by atoms with Crippen molar-refractivity contribution in [2.24, 2.45) is 0 Å². The number of benzene rings is 1. The Morgan fingerprint density at radius 2 is 2.00 bits per heavy atom. The summed E-state index contributed by atoms with van der Waals surface area (Å²) in [6, 6.07) is 8.68. The van der Waals surface area contributed by atoms with Crippen LogP contribution in [0.3, 0.4) is 0 Å². The zero-order valence-electron chi connectivity index (χ0n) is 12.9. The number of aryl methyl sites for hydroxylation is 1. The van der Waals surface area contributed by atoms with Gasteiger partial charge in [0.2, 0.25) is 0 Å². The zero-order valence-corrected chi connectivity index (χ0v) is 12.9. The smallest absolute Gasteiger partial charge is 0.323 e. The molecule has 2 fully saturated rings. The van der Waals surface area contributed by atoms with E-state index >= 15 is 0 Å². The van der Waals surface area contributed by atoms with Crippen molar-refractivity contribution < 1.29 is 9.53 Å². The fourth-order valence-electron chi connectivity index (χ4n) is 3.34. The Morgan fingerprint density at radius 1 is 1.24 bits per heavy atom. The van der Waals surface area contributed by atoms with Gasteiger partial charge in [0.15, 0.2) is 0 Å².